The molecule has 4 rings (SSSR count). The normalized spacial score (nSPS) is 13.9. The summed E-state index contributed by atoms with van der Waals surface area (Å²) in [5.41, 5.74) is 1.32. The molecule has 26 heavy (non-hydrogen) atoms. The predicted molar refractivity (Wildman–Crippen MR) is 102 cm³/mol. The number of amides is 1. The van der Waals surface area contributed by atoms with Crippen LogP contribution >= 0.6 is 23.1 Å². The van der Waals surface area contributed by atoms with Gasteiger partial charge in [-0.05, 0) is 37.5 Å². The fourth-order valence-electron chi connectivity index (χ4n) is 2.76. The molecule has 0 aliphatic heterocycles. The SMILES string of the molecule is Cc1sc2nc(SCC(=O)NC3CC3)[nH]c(=O)c2c1-c1ccc(F)cc1. The minimum Gasteiger partial charge on any atom is -0.353 e. The van der Waals surface area contributed by atoms with Crippen LogP contribution in [0.15, 0.2) is 34.2 Å². The molecule has 134 valence electrons. The Labute approximate surface area is 157 Å². The number of carbonyl (C=O) groups is 1. The molecule has 1 aromatic carbocycles. The van der Waals surface area contributed by atoms with E-state index in [1.807, 2.05) is 6.92 Å². The number of hydrogen-bond acceptors (Lipinski definition) is 5. The molecule has 8 heteroatoms. The number of rotatable bonds is 5. The van der Waals surface area contributed by atoms with Gasteiger partial charge in [-0.3, -0.25) is 9.59 Å². The van der Waals surface area contributed by atoms with Crippen molar-refractivity contribution in [3.05, 3.63) is 45.3 Å². The van der Waals surface area contributed by atoms with E-state index in [1.165, 1.54) is 35.2 Å². The van der Waals surface area contributed by atoms with Crippen LogP contribution in [0, 0.1) is 12.7 Å². The fraction of sp³-hybridized carbons (Fsp3) is 0.278. The van der Waals surface area contributed by atoms with Gasteiger partial charge in [0.1, 0.15) is 10.6 Å². The second-order valence-corrected chi connectivity index (χ2v) is 8.39. The predicted octanol–water partition coefficient (Wildman–Crippen LogP) is 3.47. The summed E-state index contributed by atoms with van der Waals surface area (Å²) in [4.78, 5) is 33.3. The van der Waals surface area contributed by atoms with Gasteiger partial charge in [0.2, 0.25) is 5.91 Å². The number of nitrogens with zero attached hydrogens (tertiary/aromatic N) is 1. The van der Waals surface area contributed by atoms with E-state index in [1.54, 1.807) is 12.1 Å². The van der Waals surface area contributed by atoms with Crippen molar-refractivity contribution < 1.29 is 9.18 Å². The number of aromatic nitrogens is 2. The highest BCUT2D eigenvalue weighted by Crippen LogP contribution is 2.36. The topological polar surface area (TPSA) is 74.8 Å². The molecule has 0 bridgehead atoms. The molecule has 0 unspecified atom stereocenters. The summed E-state index contributed by atoms with van der Waals surface area (Å²) in [6.07, 6.45) is 2.08. The lowest BCUT2D eigenvalue weighted by molar-refractivity contribution is -0.118. The molecule has 3 aromatic rings. The molecule has 2 N–H and O–H groups in total. The Morgan fingerprint density at radius 3 is 2.81 bits per heavy atom. The highest BCUT2D eigenvalue weighted by atomic mass is 32.2. The van der Waals surface area contributed by atoms with E-state index < -0.39 is 0 Å². The van der Waals surface area contributed by atoms with Crippen molar-refractivity contribution in [3.63, 3.8) is 0 Å². The molecule has 5 nitrogen and oxygen atoms in total. The van der Waals surface area contributed by atoms with Crippen LogP contribution in [-0.4, -0.2) is 27.7 Å². The summed E-state index contributed by atoms with van der Waals surface area (Å²) in [5, 5.41) is 3.84. The summed E-state index contributed by atoms with van der Waals surface area (Å²) in [7, 11) is 0. The Morgan fingerprint density at radius 1 is 1.38 bits per heavy atom. The molecule has 1 amide bonds. The van der Waals surface area contributed by atoms with E-state index in [0.717, 1.165) is 28.8 Å². The van der Waals surface area contributed by atoms with Gasteiger partial charge in [-0.2, -0.15) is 0 Å². The van der Waals surface area contributed by atoms with Crippen LogP contribution in [0.5, 0.6) is 0 Å². The van der Waals surface area contributed by atoms with E-state index in [2.05, 4.69) is 15.3 Å². The number of thiophene rings is 1. The number of aryl methyl sites for hydroxylation is 1. The van der Waals surface area contributed by atoms with Gasteiger partial charge in [-0.15, -0.1) is 11.3 Å². The van der Waals surface area contributed by atoms with E-state index >= 15 is 0 Å². The molecule has 0 atom stereocenters. The number of halogens is 1. The van der Waals surface area contributed by atoms with Gasteiger partial charge in [0.05, 0.1) is 11.1 Å². The molecule has 0 spiro atoms. The Hall–Kier alpha value is -2.19. The first-order valence-corrected chi connectivity index (χ1v) is 10.0. The van der Waals surface area contributed by atoms with Crippen molar-refractivity contribution in [2.24, 2.45) is 0 Å². The molecular formula is C18H16FN3O2S2. The van der Waals surface area contributed by atoms with Crippen molar-refractivity contribution in [1.82, 2.24) is 15.3 Å². The first-order valence-electron chi connectivity index (χ1n) is 8.23. The molecule has 1 aliphatic carbocycles. The third kappa shape index (κ3) is 3.52. The molecular weight excluding hydrogens is 373 g/mol. The lowest BCUT2D eigenvalue weighted by Crippen LogP contribution is -2.27. The van der Waals surface area contributed by atoms with Gasteiger partial charge in [0, 0.05) is 16.5 Å². The van der Waals surface area contributed by atoms with Crippen molar-refractivity contribution in [3.8, 4) is 11.1 Å². The zero-order valence-corrected chi connectivity index (χ0v) is 15.6. The quantitative estimate of drug-likeness (QED) is 0.518. The number of H-pyrrole nitrogens is 1. The second-order valence-electron chi connectivity index (χ2n) is 6.22. The molecule has 0 saturated heterocycles. The Bertz CT molecular complexity index is 1040. The van der Waals surface area contributed by atoms with E-state index in [0.29, 0.717) is 21.4 Å². The van der Waals surface area contributed by atoms with Crippen LogP contribution < -0.4 is 10.9 Å². The minimum absolute atomic E-state index is 0.0467. The zero-order valence-electron chi connectivity index (χ0n) is 14.0. The van der Waals surface area contributed by atoms with Gasteiger partial charge in [0.25, 0.3) is 5.56 Å². The molecule has 1 saturated carbocycles. The molecule has 1 aliphatic rings. The van der Waals surface area contributed by atoms with Gasteiger partial charge in [-0.25, -0.2) is 9.37 Å². The molecule has 2 heterocycles. The largest absolute Gasteiger partial charge is 0.353 e. The number of benzene rings is 1. The van der Waals surface area contributed by atoms with Crippen molar-refractivity contribution >= 4 is 39.2 Å². The maximum absolute atomic E-state index is 13.2. The average Bonchev–Trinajstić information content (AvgIpc) is 3.34. The molecule has 2 aromatic heterocycles. The Kier molecular flexibility index (Phi) is 4.54. The lowest BCUT2D eigenvalue weighted by Gasteiger charge is -2.04. The van der Waals surface area contributed by atoms with Crippen LogP contribution in [-0.2, 0) is 4.79 Å². The van der Waals surface area contributed by atoms with E-state index in [9.17, 15) is 14.0 Å². The van der Waals surface area contributed by atoms with E-state index in [4.69, 9.17) is 0 Å². The van der Waals surface area contributed by atoms with Crippen molar-refractivity contribution in [2.45, 2.75) is 31.0 Å². The average molecular weight is 389 g/mol. The summed E-state index contributed by atoms with van der Waals surface area (Å²) >= 11 is 2.64. The maximum Gasteiger partial charge on any atom is 0.260 e. The fourth-order valence-corrected chi connectivity index (χ4v) is 4.54. The van der Waals surface area contributed by atoms with E-state index in [-0.39, 0.29) is 23.0 Å². The minimum atomic E-state index is -0.318. The number of aromatic amines is 1. The number of thioether (sulfide) groups is 1. The summed E-state index contributed by atoms with van der Waals surface area (Å²) < 4.78 is 13.2. The first kappa shape index (κ1) is 17.2. The van der Waals surface area contributed by atoms with Crippen molar-refractivity contribution in [2.75, 3.05) is 5.75 Å². The first-order chi connectivity index (χ1) is 12.5. The number of nitrogens with one attached hydrogen (secondary N) is 2. The third-order valence-corrected chi connectivity index (χ3v) is 6.00. The van der Waals surface area contributed by atoms with Crippen LogP contribution in [0.3, 0.4) is 0 Å². The highest BCUT2D eigenvalue weighted by Gasteiger charge is 2.23. The van der Waals surface area contributed by atoms with Gasteiger partial charge < -0.3 is 10.3 Å². The Balaban J connectivity index is 1.64. The third-order valence-electron chi connectivity index (χ3n) is 4.13. The highest BCUT2D eigenvalue weighted by molar-refractivity contribution is 7.99. The second kappa shape index (κ2) is 6.85. The number of hydrogen-bond donors (Lipinski definition) is 2. The number of carbonyl (C=O) groups excluding carboxylic acids is 1. The van der Waals surface area contributed by atoms with Crippen molar-refractivity contribution in [1.29, 1.82) is 0 Å². The van der Waals surface area contributed by atoms with Gasteiger partial charge in [-0.1, -0.05) is 23.9 Å². The van der Waals surface area contributed by atoms with Gasteiger partial charge >= 0.3 is 0 Å². The standard InChI is InChI=1S/C18H16FN3O2S2/c1-9-14(10-2-4-11(19)5-3-10)15-16(24)21-18(22-17(15)26-9)25-8-13(23)20-12-6-7-12/h2-5,12H,6-8H2,1H3,(H,20,23)(H,21,22,24). The van der Waals surface area contributed by atoms with Crippen LogP contribution in [0.4, 0.5) is 4.39 Å². The summed E-state index contributed by atoms with van der Waals surface area (Å²) in [5.74, 6) is -0.143. The monoisotopic (exact) mass is 389 g/mol. The van der Waals surface area contributed by atoms with Crippen LogP contribution in [0.2, 0.25) is 0 Å². The van der Waals surface area contributed by atoms with Crippen LogP contribution in [0.1, 0.15) is 17.7 Å². The summed E-state index contributed by atoms with van der Waals surface area (Å²) in [6.45, 7) is 1.92. The zero-order chi connectivity index (χ0) is 18.3. The molecule has 0 radical (unpaired) electrons. The smallest absolute Gasteiger partial charge is 0.260 e. The molecule has 1 fully saturated rings. The Morgan fingerprint density at radius 2 is 2.12 bits per heavy atom. The van der Waals surface area contributed by atoms with Crippen LogP contribution in [0.25, 0.3) is 21.3 Å². The summed E-state index contributed by atoms with van der Waals surface area (Å²) in [6, 6.07) is 6.39. The lowest BCUT2D eigenvalue weighted by atomic mass is 10.0. The number of fused-ring (bicyclic) bond motifs is 1. The van der Waals surface area contributed by atoms with Gasteiger partial charge in [0.15, 0.2) is 5.16 Å². The maximum atomic E-state index is 13.2.